The molecule has 1 aliphatic heterocycles. The average molecular weight is 360 g/mol. The summed E-state index contributed by atoms with van der Waals surface area (Å²) in [5.74, 6) is 0.489. The molecule has 0 radical (unpaired) electrons. The molecule has 1 aromatic rings. The number of aryl methyl sites for hydroxylation is 1. The van der Waals surface area contributed by atoms with Crippen molar-refractivity contribution in [2.75, 3.05) is 18.4 Å². The van der Waals surface area contributed by atoms with Crippen molar-refractivity contribution in [1.29, 1.82) is 0 Å². The van der Waals surface area contributed by atoms with Gasteiger partial charge in [-0.2, -0.15) is 4.31 Å². The Bertz CT molecular complexity index is 527. The topological polar surface area (TPSA) is 37.4 Å². The third kappa shape index (κ3) is 3.62. The van der Waals surface area contributed by atoms with Crippen molar-refractivity contribution in [1.82, 2.24) is 4.31 Å². The van der Waals surface area contributed by atoms with Crippen LogP contribution in [-0.2, 0) is 16.4 Å². The van der Waals surface area contributed by atoms with Gasteiger partial charge in [-0.1, -0.05) is 41.4 Å². The van der Waals surface area contributed by atoms with E-state index in [1.54, 1.807) is 16.4 Å². The zero-order valence-corrected chi connectivity index (χ0v) is 14.3. The minimum Gasteiger partial charge on any atom is -0.207 e. The first-order valence-electron chi connectivity index (χ1n) is 7.23. The standard InChI is InChI=1S/C15H22BrNO2S/c1-2-3-13-4-6-15(7-5-13)20(18,19)17-11-9-14(12-17)8-10-16/h4-7,14H,2-3,8-12H2,1H3. The van der Waals surface area contributed by atoms with Gasteiger partial charge in [0.2, 0.25) is 10.0 Å². The molecule has 0 aliphatic carbocycles. The predicted octanol–water partition coefficient (Wildman–Crippen LogP) is 3.43. The zero-order valence-electron chi connectivity index (χ0n) is 11.9. The molecule has 1 saturated heterocycles. The largest absolute Gasteiger partial charge is 0.243 e. The molecule has 1 aliphatic rings. The normalized spacial score (nSPS) is 20.4. The SMILES string of the molecule is CCCc1ccc(S(=O)(=O)N2CCC(CCBr)C2)cc1. The van der Waals surface area contributed by atoms with Crippen molar-refractivity contribution >= 4 is 26.0 Å². The van der Waals surface area contributed by atoms with E-state index in [2.05, 4.69) is 22.9 Å². The van der Waals surface area contributed by atoms with Crippen LogP contribution in [0, 0.1) is 5.92 Å². The molecule has 0 aromatic heterocycles. The van der Waals surface area contributed by atoms with Crippen LogP contribution in [0.5, 0.6) is 0 Å². The summed E-state index contributed by atoms with van der Waals surface area (Å²) in [5.41, 5.74) is 1.20. The number of alkyl halides is 1. The molecular formula is C15H22BrNO2S. The van der Waals surface area contributed by atoms with Crippen molar-refractivity contribution in [3.05, 3.63) is 29.8 Å². The van der Waals surface area contributed by atoms with Crippen LogP contribution < -0.4 is 0 Å². The van der Waals surface area contributed by atoms with Gasteiger partial charge in [0.25, 0.3) is 0 Å². The summed E-state index contributed by atoms with van der Waals surface area (Å²) < 4.78 is 26.8. The Morgan fingerprint density at radius 2 is 2.00 bits per heavy atom. The first kappa shape index (κ1) is 16.0. The monoisotopic (exact) mass is 359 g/mol. The summed E-state index contributed by atoms with van der Waals surface area (Å²) in [6, 6.07) is 7.36. The lowest BCUT2D eigenvalue weighted by Crippen LogP contribution is -2.28. The minimum absolute atomic E-state index is 0.428. The molecule has 0 spiro atoms. The molecule has 2 rings (SSSR count). The molecule has 1 aromatic carbocycles. The van der Waals surface area contributed by atoms with Gasteiger partial charge in [-0.15, -0.1) is 0 Å². The van der Waals surface area contributed by atoms with E-state index in [1.807, 2.05) is 12.1 Å². The van der Waals surface area contributed by atoms with Crippen LogP contribution in [0.4, 0.5) is 0 Å². The van der Waals surface area contributed by atoms with Crippen molar-refractivity contribution in [3.63, 3.8) is 0 Å². The summed E-state index contributed by atoms with van der Waals surface area (Å²) in [6.07, 6.45) is 4.09. The molecule has 1 fully saturated rings. The van der Waals surface area contributed by atoms with Gasteiger partial charge in [0.1, 0.15) is 0 Å². The van der Waals surface area contributed by atoms with Crippen LogP contribution >= 0.6 is 15.9 Å². The number of halogens is 1. The van der Waals surface area contributed by atoms with Gasteiger partial charge in [0.15, 0.2) is 0 Å². The first-order valence-corrected chi connectivity index (χ1v) is 9.79. The Balaban J connectivity index is 2.10. The van der Waals surface area contributed by atoms with Crippen LogP contribution in [0.3, 0.4) is 0 Å². The van der Waals surface area contributed by atoms with Crippen LogP contribution in [-0.4, -0.2) is 31.1 Å². The third-order valence-corrected chi connectivity index (χ3v) is 6.20. The minimum atomic E-state index is -3.30. The second-order valence-corrected chi connectivity index (χ2v) is 8.12. The van der Waals surface area contributed by atoms with E-state index in [1.165, 1.54) is 5.56 Å². The molecule has 5 heteroatoms. The number of benzene rings is 1. The second-order valence-electron chi connectivity index (χ2n) is 5.39. The Hall–Kier alpha value is -0.390. The summed E-state index contributed by atoms with van der Waals surface area (Å²) in [5, 5.41) is 0.942. The summed E-state index contributed by atoms with van der Waals surface area (Å²) in [7, 11) is -3.30. The number of hydrogen-bond donors (Lipinski definition) is 0. The Labute approximate surface area is 130 Å². The average Bonchev–Trinajstić information content (AvgIpc) is 2.90. The smallest absolute Gasteiger partial charge is 0.207 e. The van der Waals surface area contributed by atoms with E-state index in [4.69, 9.17) is 0 Å². The molecule has 1 unspecified atom stereocenters. The van der Waals surface area contributed by atoms with Gasteiger partial charge in [-0.3, -0.25) is 0 Å². The number of hydrogen-bond acceptors (Lipinski definition) is 2. The van der Waals surface area contributed by atoms with Gasteiger partial charge >= 0.3 is 0 Å². The Morgan fingerprint density at radius 1 is 1.30 bits per heavy atom. The molecule has 1 atom stereocenters. The van der Waals surface area contributed by atoms with Gasteiger partial charge < -0.3 is 0 Å². The lowest BCUT2D eigenvalue weighted by atomic mass is 10.1. The highest BCUT2D eigenvalue weighted by molar-refractivity contribution is 9.09. The fourth-order valence-corrected chi connectivity index (χ4v) is 4.85. The van der Waals surface area contributed by atoms with E-state index >= 15 is 0 Å². The molecule has 20 heavy (non-hydrogen) atoms. The highest BCUT2D eigenvalue weighted by Gasteiger charge is 2.31. The summed E-state index contributed by atoms with van der Waals surface area (Å²) in [6.45, 7) is 3.43. The van der Waals surface area contributed by atoms with Crippen molar-refractivity contribution in [2.24, 2.45) is 5.92 Å². The molecular weight excluding hydrogens is 338 g/mol. The maximum absolute atomic E-state index is 12.6. The van der Waals surface area contributed by atoms with E-state index in [-0.39, 0.29) is 0 Å². The lowest BCUT2D eigenvalue weighted by molar-refractivity contribution is 0.454. The number of nitrogens with zero attached hydrogens (tertiary/aromatic N) is 1. The Kier molecular flexibility index (Phi) is 5.64. The van der Waals surface area contributed by atoms with Crippen LogP contribution in [0.25, 0.3) is 0 Å². The van der Waals surface area contributed by atoms with E-state index < -0.39 is 10.0 Å². The third-order valence-electron chi connectivity index (χ3n) is 3.87. The summed E-state index contributed by atoms with van der Waals surface area (Å²) in [4.78, 5) is 0.428. The van der Waals surface area contributed by atoms with Crippen molar-refractivity contribution < 1.29 is 8.42 Å². The van der Waals surface area contributed by atoms with E-state index in [9.17, 15) is 8.42 Å². The molecule has 0 amide bonds. The van der Waals surface area contributed by atoms with Gasteiger partial charge in [0.05, 0.1) is 4.90 Å². The van der Waals surface area contributed by atoms with E-state index in [0.717, 1.165) is 31.0 Å². The lowest BCUT2D eigenvalue weighted by Gasteiger charge is -2.16. The number of sulfonamides is 1. The molecule has 0 bridgehead atoms. The fraction of sp³-hybridized carbons (Fsp3) is 0.600. The van der Waals surface area contributed by atoms with Gasteiger partial charge in [-0.05, 0) is 42.9 Å². The molecule has 3 nitrogen and oxygen atoms in total. The molecule has 1 heterocycles. The van der Waals surface area contributed by atoms with Crippen molar-refractivity contribution in [2.45, 2.75) is 37.5 Å². The Morgan fingerprint density at radius 3 is 2.60 bits per heavy atom. The highest BCUT2D eigenvalue weighted by atomic mass is 79.9. The maximum Gasteiger partial charge on any atom is 0.243 e. The molecule has 112 valence electrons. The highest BCUT2D eigenvalue weighted by Crippen LogP contribution is 2.26. The zero-order chi connectivity index (χ0) is 14.6. The van der Waals surface area contributed by atoms with Crippen LogP contribution in [0.15, 0.2) is 29.2 Å². The summed E-state index contributed by atoms with van der Waals surface area (Å²) >= 11 is 3.43. The molecule has 0 N–H and O–H groups in total. The van der Waals surface area contributed by atoms with Crippen LogP contribution in [0.1, 0.15) is 31.7 Å². The predicted molar refractivity (Wildman–Crippen MR) is 85.7 cm³/mol. The van der Waals surface area contributed by atoms with Crippen LogP contribution in [0.2, 0.25) is 0 Å². The van der Waals surface area contributed by atoms with Gasteiger partial charge in [0, 0.05) is 18.4 Å². The van der Waals surface area contributed by atoms with Gasteiger partial charge in [-0.25, -0.2) is 8.42 Å². The second kappa shape index (κ2) is 7.05. The maximum atomic E-state index is 12.6. The number of rotatable bonds is 6. The fourth-order valence-electron chi connectivity index (χ4n) is 2.67. The molecule has 0 saturated carbocycles. The van der Waals surface area contributed by atoms with Crippen molar-refractivity contribution in [3.8, 4) is 0 Å². The first-order chi connectivity index (χ1) is 9.57. The quantitative estimate of drug-likeness (QED) is 0.729. The van der Waals surface area contributed by atoms with E-state index in [0.29, 0.717) is 23.9 Å².